The van der Waals surface area contributed by atoms with E-state index in [1.165, 1.54) is 19.3 Å². The molecule has 0 aromatic heterocycles. The van der Waals surface area contributed by atoms with Crippen LogP contribution in [0.4, 0.5) is 0 Å². The number of ether oxygens (including phenoxy) is 5. The molecule has 5 heteroatoms. The molecule has 194 valence electrons. The van der Waals surface area contributed by atoms with Gasteiger partial charge in [-0.05, 0) is 55.4 Å². The van der Waals surface area contributed by atoms with E-state index >= 15 is 0 Å². The lowest BCUT2D eigenvalue weighted by molar-refractivity contribution is -0.438. The van der Waals surface area contributed by atoms with Crippen molar-refractivity contribution >= 4 is 0 Å². The minimum Gasteiger partial charge on any atom is -0.373 e. The molecular weight excluding hydrogens is 428 g/mol. The first-order valence-corrected chi connectivity index (χ1v) is 14.3. The Labute approximate surface area is 207 Å². The number of hydrogen-bond acceptors (Lipinski definition) is 5. The zero-order valence-corrected chi connectivity index (χ0v) is 22.3. The van der Waals surface area contributed by atoms with Crippen molar-refractivity contribution in [2.75, 3.05) is 19.8 Å². The highest BCUT2D eigenvalue weighted by Gasteiger charge is 2.89. The van der Waals surface area contributed by atoms with Crippen molar-refractivity contribution in [3.63, 3.8) is 0 Å². The van der Waals surface area contributed by atoms with E-state index < -0.39 is 5.79 Å². The van der Waals surface area contributed by atoms with E-state index in [0.29, 0.717) is 31.2 Å². The van der Waals surface area contributed by atoms with E-state index in [9.17, 15) is 0 Å². The predicted molar refractivity (Wildman–Crippen MR) is 133 cm³/mol. The Balaban J connectivity index is 1.43. The number of unbranched alkanes of at least 4 members (excludes halogenated alkanes) is 3. The molecule has 0 bridgehead atoms. The molecule has 34 heavy (non-hydrogen) atoms. The number of hydrogen-bond donors (Lipinski definition) is 0. The van der Waals surface area contributed by atoms with E-state index in [0.717, 1.165) is 50.0 Å². The van der Waals surface area contributed by atoms with Gasteiger partial charge in [0.2, 0.25) is 0 Å². The quantitative estimate of drug-likeness (QED) is 0.253. The third-order valence-corrected chi connectivity index (χ3v) is 10.5. The van der Waals surface area contributed by atoms with Crippen LogP contribution in [0, 0.1) is 22.7 Å². The molecule has 3 unspecified atom stereocenters. The molecular formula is C29H48O5. The fraction of sp³-hybridized carbons (Fsp3) is 0.931. The molecule has 5 nitrogen and oxygen atoms in total. The van der Waals surface area contributed by atoms with Gasteiger partial charge in [-0.15, -0.1) is 0 Å². The Morgan fingerprint density at radius 2 is 1.50 bits per heavy atom. The molecule has 5 aliphatic rings. The summed E-state index contributed by atoms with van der Waals surface area (Å²) in [5.74, 6) is 0.801. The summed E-state index contributed by atoms with van der Waals surface area (Å²) in [5, 5.41) is 0. The lowest BCUT2D eigenvalue weighted by Gasteiger charge is -2.76. The first-order valence-electron chi connectivity index (χ1n) is 14.3. The Morgan fingerprint density at radius 3 is 2.15 bits per heavy atom. The van der Waals surface area contributed by atoms with Crippen LogP contribution in [0.25, 0.3) is 0 Å². The molecule has 10 atom stereocenters. The molecule has 1 saturated heterocycles. The summed E-state index contributed by atoms with van der Waals surface area (Å²) in [6, 6.07) is 0. The summed E-state index contributed by atoms with van der Waals surface area (Å²) >= 11 is 0. The van der Waals surface area contributed by atoms with Crippen molar-refractivity contribution in [1.29, 1.82) is 0 Å². The van der Waals surface area contributed by atoms with Crippen molar-refractivity contribution in [1.82, 2.24) is 0 Å². The van der Waals surface area contributed by atoms with E-state index in [1.807, 2.05) is 0 Å². The van der Waals surface area contributed by atoms with Gasteiger partial charge in [-0.2, -0.15) is 0 Å². The monoisotopic (exact) mass is 476 g/mol. The highest BCUT2D eigenvalue weighted by Crippen LogP contribution is 2.86. The standard InChI is InChI=1S/C29H48O5/c1-7-10-15-30-22-19(4)23-26(25(32-17-12-9-3)24(22)31-16-11-8-2)34-29(33-23)21-18-20-13-14-27(29,5)28(20,21)6/h20-26H,4,7-18H2,1-3,5-6H3/t20-,21?,22+,23+,24-,25+,26+,27-,28?,29?/m0/s1. The first kappa shape index (κ1) is 25.2. The van der Waals surface area contributed by atoms with Crippen molar-refractivity contribution in [2.45, 2.75) is 129 Å². The summed E-state index contributed by atoms with van der Waals surface area (Å²) in [6.07, 6.45) is 9.13. The van der Waals surface area contributed by atoms with Crippen LogP contribution in [0.3, 0.4) is 0 Å². The second kappa shape index (κ2) is 9.45. The smallest absolute Gasteiger partial charge is 0.179 e. The van der Waals surface area contributed by atoms with Gasteiger partial charge in [0.15, 0.2) is 5.79 Å². The van der Waals surface area contributed by atoms with Crippen LogP contribution >= 0.6 is 0 Å². The normalized spacial score (nSPS) is 48.5. The molecule has 0 N–H and O–H groups in total. The molecule has 4 aliphatic carbocycles. The SMILES string of the molecule is C=C1[C@@H](OCCCC)[C@H](OCCCC)[C@@H](OCCCC)[C@@H]2OC3(O[C@H]12)C1C[C@@H]2CC[C@@]3(C)C12C. The maximum absolute atomic E-state index is 7.10. The molecule has 0 radical (unpaired) electrons. The molecule has 5 fully saturated rings. The summed E-state index contributed by atoms with van der Waals surface area (Å²) in [7, 11) is 0. The maximum Gasteiger partial charge on any atom is 0.179 e. The van der Waals surface area contributed by atoms with Crippen molar-refractivity contribution < 1.29 is 23.7 Å². The molecule has 5 rings (SSSR count). The van der Waals surface area contributed by atoms with Crippen LogP contribution in [-0.2, 0) is 23.7 Å². The summed E-state index contributed by atoms with van der Waals surface area (Å²) in [6.45, 7) is 18.2. The Kier molecular flexibility index (Phi) is 7.00. The summed E-state index contributed by atoms with van der Waals surface area (Å²) in [4.78, 5) is 0. The Morgan fingerprint density at radius 1 is 0.882 bits per heavy atom. The van der Waals surface area contributed by atoms with E-state index in [4.69, 9.17) is 23.7 Å². The fourth-order valence-electron chi connectivity index (χ4n) is 8.18. The van der Waals surface area contributed by atoms with E-state index in [-0.39, 0.29) is 35.9 Å². The van der Waals surface area contributed by atoms with Gasteiger partial charge in [-0.3, -0.25) is 0 Å². The van der Waals surface area contributed by atoms with Crippen LogP contribution in [0.1, 0.15) is 92.4 Å². The molecule has 0 aromatic rings. The molecule has 0 amide bonds. The highest BCUT2D eigenvalue weighted by molar-refractivity contribution is 5.34. The molecule has 4 saturated carbocycles. The summed E-state index contributed by atoms with van der Waals surface area (Å²) in [5.41, 5.74) is 1.41. The summed E-state index contributed by atoms with van der Waals surface area (Å²) < 4.78 is 33.7. The topological polar surface area (TPSA) is 46.2 Å². The van der Waals surface area contributed by atoms with Crippen molar-refractivity contribution in [3.8, 4) is 0 Å². The van der Waals surface area contributed by atoms with Gasteiger partial charge in [0.1, 0.15) is 30.5 Å². The Hall–Kier alpha value is -0.460. The van der Waals surface area contributed by atoms with E-state index in [2.05, 4.69) is 41.2 Å². The zero-order valence-electron chi connectivity index (χ0n) is 22.3. The van der Waals surface area contributed by atoms with Crippen LogP contribution in [0.15, 0.2) is 12.2 Å². The third kappa shape index (κ3) is 3.29. The molecule has 1 spiro atoms. The molecule has 1 heterocycles. The fourth-order valence-corrected chi connectivity index (χ4v) is 8.18. The van der Waals surface area contributed by atoms with Gasteiger partial charge >= 0.3 is 0 Å². The predicted octanol–water partition coefficient (Wildman–Crippen LogP) is 6.05. The first-order chi connectivity index (χ1) is 16.4. The van der Waals surface area contributed by atoms with Crippen LogP contribution in [-0.4, -0.2) is 56.1 Å². The van der Waals surface area contributed by atoms with Crippen LogP contribution in [0.2, 0.25) is 0 Å². The molecule has 0 aromatic carbocycles. The maximum atomic E-state index is 7.10. The number of fused-ring (bicyclic) bond motifs is 3. The lowest BCUT2D eigenvalue weighted by atomic mass is 9.32. The van der Waals surface area contributed by atoms with Crippen LogP contribution < -0.4 is 0 Å². The van der Waals surface area contributed by atoms with Crippen molar-refractivity contribution in [3.05, 3.63) is 12.2 Å². The lowest BCUT2D eigenvalue weighted by Crippen LogP contribution is -2.80. The average Bonchev–Trinajstić information content (AvgIpc) is 3.24. The molecule has 1 aliphatic heterocycles. The third-order valence-electron chi connectivity index (χ3n) is 10.5. The minimum absolute atomic E-state index is 0.0658. The van der Waals surface area contributed by atoms with Gasteiger partial charge < -0.3 is 23.7 Å². The average molecular weight is 477 g/mol. The highest BCUT2D eigenvalue weighted by atomic mass is 16.8. The van der Waals surface area contributed by atoms with E-state index in [1.54, 1.807) is 0 Å². The minimum atomic E-state index is -0.508. The largest absolute Gasteiger partial charge is 0.373 e. The van der Waals surface area contributed by atoms with Crippen molar-refractivity contribution in [2.24, 2.45) is 22.7 Å². The van der Waals surface area contributed by atoms with Gasteiger partial charge in [-0.1, -0.05) is 60.5 Å². The zero-order chi connectivity index (χ0) is 24.1. The second-order valence-corrected chi connectivity index (χ2v) is 12.0. The van der Waals surface area contributed by atoms with Gasteiger partial charge in [0.05, 0.1) is 0 Å². The van der Waals surface area contributed by atoms with Gasteiger partial charge in [-0.25, -0.2) is 0 Å². The Bertz CT molecular complexity index is 755. The van der Waals surface area contributed by atoms with Gasteiger partial charge in [0.25, 0.3) is 0 Å². The number of rotatable bonds is 12. The van der Waals surface area contributed by atoms with Gasteiger partial charge in [0, 0.05) is 31.2 Å². The second-order valence-electron chi connectivity index (χ2n) is 12.0. The van der Waals surface area contributed by atoms with Crippen LogP contribution in [0.5, 0.6) is 0 Å².